The van der Waals surface area contributed by atoms with Gasteiger partial charge in [-0.3, -0.25) is 19.7 Å². The zero-order chi connectivity index (χ0) is 22.8. The van der Waals surface area contributed by atoms with Crippen molar-refractivity contribution in [3.05, 3.63) is 58.7 Å². The van der Waals surface area contributed by atoms with E-state index in [-0.39, 0.29) is 42.8 Å². The largest absolute Gasteiger partial charge is 0.394 e. The number of benzene rings is 1. The summed E-state index contributed by atoms with van der Waals surface area (Å²) in [6.07, 6.45) is 6.38. The van der Waals surface area contributed by atoms with Crippen LogP contribution >= 0.6 is 0 Å². The molecule has 166 valence electrons. The molecule has 2 amide bonds. The summed E-state index contributed by atoms with van der Waals surface area (Å²) in [5, 5.41) is 32.0. The van der Waals surface area contributed by atoms with Crippen molar-refractivity contribution < 1.29 is 24.7 Å². The molecule has 2 heterocycles. The Hall–Kier alpha value is -3.04. The normalized spacial score (nSPS) is 24.0. The van der Waals surface area contributed by atoms with E-state index in [1.807, 2.05) is 0 Å². The highest BCUT2D eigenvalue weighted by Gasteiger charge is 2.52. The SMILES string of the molecule is C=CCN1C(=O)[C@@](O)([C@@H](C)/C=C/CC(=O)N2CCC[C@H]2CO)c2cc([N+](=O)[O-])ccc21. The van der Waals surface area contributed by atoms with E-state index in [1.54, 1.807) is 24.0 Å². The highest BCUT2D eigenvalue weighted by atomic mass is 16.6. The summed E-state index contributed by atoms with van der Waals surface area (Å²) in [4.78, 5) is 39.2. The number of anilines is 1. The molecule has 2 N–H and O–H groups in total. The van der Waals surface area contributed by atoms with Crippen LogP contribution < -0.4 is 4.90 Å². The molecule has 0 spiro atoms. The Morgan fingerprint density at radius 2 is 2.23 bits per heavy atom. The minimum atomic E-state index is -1.99. The van der Waals surface area contributed by atoms with Crippen molar-refractivity contribution in [1.82, 2.24) is 4.90 Å². The summed E-state index contributed by atoms with van der Waals surface area (Å²) in [5.74, 6) is -1.46. The van der Waals surface area contributed by atoms with Crippen LogP contribution in [-0.2, 0) is 15.2 Å². The van der Waals surface area contributed by atoms with Crippen molar-refractivity contribution in [2.24, 2.45) is 5.92 Å². The number of nitro benzene ring substituents is 1. The first-order chi connectivity index (χ1) is 14.7. The second kappa shape index (κ2) is 8.99. The van der Waals surface area contributed by atoms with Crippen LogP contribution in [0.25, 0.3) is 0 Å². The molecule has 3 atom stereocenters. The van der Waals surface area contributed by atoms with Crippen LogP contribution in [0.15, 0.2) is 43.0 Å². The van der Waals surface area contributed by atoms with Crippen LogP contribution in [0.4, 0.5) is 11.4 Å². The van der Waals surface area contributed by atoms with E-state index in [9.17, 15) is 29.9 Å². The predicted octanol–water partition coefficient (Wildman–Crippen LogP) is 1.88. The van der Waals surface area contributed by atoms with Crippen LogP contribution in [0.1, 0.15) is 31.7 Å². The number of carbonyl (C=O) groups excluding carboxylic acids is 2. The average molecular weight is 429 g/mol. The molecule has 2 aliphatic rings. The van der Waals surface area contributed by atoms with Crippen molar-refractivity contribution in [3.8, 4) is 0 Å². The maximum absolute atomic E-state index is 13.1. The number of nitrogens with zero attached hydrogens (tertiary/aromatic N) is 3. The number of non-ortho nitro benzene ring substituents is 1. The quantitative estimate of drug-likeness (QED) is 0.369. The maximum atomic E-state index is 13.1. The molecule has 0 aromatic heterocycles. The molecule has 0 saturated carbocycles. The lowest BCUT2D eigenvalue weighted by Gasteiger charge is -2.27. The van der Waals surface area contributed by atoms with Gasteiger partial charge in [-0.1, -0.05) is 25.2 Å². The van der Waals surface area contributed by atoms with Gasteiger partial charge in [-0.2, -0.15) is 0 Å². The number of hydrogen-bond acceptors (Lipinski definition) is 6. The van der Waals surface area contributed by atoms with Crippen molar-refractivity contribution in [3.63, 3.8) is 0 Å². The molecular weight excluding hydrogens is 402 g/mol. The first-order valence-corrected chi connectivity index (χ1v) is 10.3. The van der Waals surface area contributed by atoms with Gasteiger partial charge in [-0.05, 0) is 18.9 Å². The van der Waals surface area contributed by atoms with Crippen LogP contribution in [0.2, 0.25) is 0 Å². The molecule has 0 aliphatic carbocycles. The van der Waals surface area contributed by atoms with Crippen LogP contribution in [0, 0.1) is 16.0 Å². The van der Waals surface area contributed by atoms with Crippen molar-refractivity contribution in [2.45, 2.75) is 37.8 Å². The molecule has 31 heavy (non-hydrogen) atoms. The van der Waals surface area contributed by atoms with Gasteiger partial charge in [0, 0.05) is 43.1 Å². The van der Waals surface area contributed by atoms with Gasteiger partial charge in [0.15, 0.2) is 5.60 Å². The van der Waals surface area contributed by atoms with E-state index < -0.39 is 22.3 Å². The Kier molecular flexibility index (Phi) is 6.56. The summed E-state index contributed by atoms with van der Waals surface area (Å²) < 4.78 is 0. The molecule has 2 aliphatic heterocycles. The molecule has 0 unspecified atom stereocenters. The van der Waals surface area contributed by atoms with E-state index in [4.69, 9.17) is 0 Å². The van der Waals surface area contributed by atoms with Gasteiger partial charge in [-0.15, -0.1) is 6.58 Å². The molecule has 9 heteroatoms. The zero-order valence-corrected chi connectivity index (χ0v) is 17.4. The fraction of sp³-hybridized carbons (Fsp3) is 0.455. The van der Waals surface area contributed by atoms with Gasteiger partial charge < -0.3 is 20.0 Å². The van der Waals surface area contributed by atoms with Crippen LogP contribution in [0.5, 0.6) is 0 Å². The molecule has 1 aromatic rings. The molecule has 3 rings (SSSR count). The number of nitro groups is 1. The number of aliphatic hydroxyl groups is 2. The highest BCUT2D eigenvalue weighted by molar-refractivity contribution is 6.07. The number of rotatable bonds is 8. The van der Waals surface area contributed by atoms with Crippen LogP contribution in [0.3, 0.4) is 0 Å². The smallest absolute Gasteiger partial charge is 0.269 e. The average Bonchev–Trinajstić information content (AvgIpc) is 3.31. The fourth-order valence-electron chi connectivity index (χ4n) is 4.34. The fourth-order valence-corrected chi connectivity index (χ4v) is 4.34. The Balaban J connectivity index is 1.84. The van der Waals surface area contributed by atoms with E-state index in [2.05, 4.69) is 6.58 Å². The second-order valence-electron chi connectivity index (χ2n) is 7.92. The minimum absolute atomic E-state index is 0.0727. The molecule has 1 fully saturated rings. The molecular formula is C22H27N3O6. The summed E-state index contributed by atoms with van der Waals surface area (Å²) >= 11 is 0. The summed E-state index contributed by atoms with van der Waals surface area (Å²) in [5.41, 5.74) is -1.65. The van der Waals surface area contributed by atoms with E-state index in [1.165, 1.54) is 29.2 Å². The standard InChI is InChI=1S/C22H27N3O6/c1-3-11-24-19-10-9-16(25(30)31)13-18(19)22(29,21(24)28)15(2)6-4-8-20(27)23-12-5-7-17(23)14-26/h3-4,6,9-10,13,15,17,26,29H,1,5,7-8,11-12,14H2,2H3/b6-4+/t15-,17-,22+/m0/s1. The van der Waals surface area contributed by atoms with Crippen molar-refractivity contribution >= 4 is 23.2 Å². The van der Waals surface area contributed by atoms with Gasteiger partial charge in [0.25, 0.3) is 11.6 Å². The lowest BCUT2D eigenvalue weighted by molar-refractivity contribution is -0.385. The van der Waals surface area contributed by atoms with Gasteiger partial charge >= 0.3 is 0 Å². The number of fused-ring (bicyclic) bond motifs is 1. The predicted molar refractivity (Wildman–Crippen MR) is 114 cm³/mol. The number of hydrogen-bond donors (Lipinski definition) is 2. The lowest BCUT2D eigenvalue weighted by Crippen LogP contribution is -2.44. The summed E-state index contributed by atoms with van der Waals surface area (Å²) in [7, 11) is 0. The molecule has 9 nitrogen and oxygen atoms in total. The van der Waals surface area contributed by atoms with Crippen molar-refractivity contribution in [2.75, 3.05) is 24.6 Å². The van der Waals surface area contributed by atoms with Crippen LogP contribution in [-0.4, -0.2) is 57.6 Å². The topological polar surface area (TPSA) is 124 Å². The zero-order valence-electron chi connectivity index (χ0n) is 17.4. The molecule has 0 bridgehead atoms. The summed E-state index contributed by atoms with van der Waals surface area (Å²) in [6, 6.07) is 3.80. The number of aliphatic hydroxyl groups excluding tert-OH is 1. The second-order valence-corrected chi connectivity index (χ2v) is 7.92. The number of likely N-dealkylation sites (tertiary alicyclic amines) is 1. The third-order valence-electron chi connectivity index (χ3n) is 6.06. The van der Waals surface area contributed by atoms with E-state index >= 15 is 0 Å². The Morgan fingerprint density at radius 3 is 2.87 bits per heavy atom. The minimum Gasteiger partial charge on any atom is -0.394 e. The Labute approximate surface area is 180 Å². The van der Waals surface area contributed by atoms with Gasteiger partial charge in [0.1, 0.15) is 0 Å². The Bertz CT molecular complexity index is 930. The van der Waals surface area contributed by atoms with Gasteiger partial charge in [-0.25, -0.2) is 0 Å². The first kappa shape index (κ1) is 22.6. The summed E-state index contributed by atoms with van der Waals surface area (Å²) in [6.45, 7) is 5.94. The van der Waals surface area contributed by atoms with Gasteiger partial charge in [0.05, 0.1) is 23.3 Å². The third-order valence-corrected chi connectivity index (χ3v) is 6.06. The van der Waals surface area contributed by atoms with Crippen molar-refractivity contribution in [1.29, 1.82) is 0 Å². The number of carbonyl (C=O) groups is 2. The van der Waals surface area contributed by atoms with E-state index in [0.717, 1.165) is 12.8 Å². The lowest BCUT2D eigenvalue weighted by atomic mass is 9.82. The number of amides is 2. The molecule has 1 aromatic carbocycles. The molecule has 0 radical (unpaired) electrons. The van der Waals surface area contributed by atoms with E-state index in [0.29, 0.717) is 12.2 Å². The monoisotopic (exact) mass is 429 g/mol. The first-order valence-electron chi connectivity index (χ1n) is 10.3. The molecule has 1 saturated heterocycles. The maximum Gasteiger partial charge on any atom is 0.269 e. The third kappa shape index (κ3) is 3.98. The van der Waals surface area contributed by atoms with Gasteiger partial charge in [0.2, 0.25) is 5.91 Å². The Morgan fingerprint density at radius 1 is 1.48 bits per heavy atom. The highest BCUT2D eigenvalue weighted by Crippen LogP contribution is 2.46.